The molecule has 2 aromatic rings. The van der Waals surface area contributed by atoms with E-state index in [0.717, 1.165) is 12.2 Å². The van der Waals surface area contributed by atoms with Crippen LogP contribution in [-0.2, 0) is 6.42 Å². The van der Waals surface area contributed by atoms with Gasteiger partial charge < -0.3 is 9.47 Å². The van der Waals surface area contributed by atoms with E-state index in [1.807, 2.05) is 31.2 Å². The summed E-state index contributed by atoms with van der Waals surface area (Å²) in [6, 6.07) is 14.5. The highest BCUT2D eigenvalue weighted by Crippen LogP contribution is 2.16. The van der Waals surface area contributed by atoms with Gasteiger partial charge in [-0.05, 0) is 55.3 Å². The lowest BCUT2D eigenvalue weighted by Gasteiger charge is -2.06. The number of aryl methyl sites for hydroxylation is 1. The lowest BCUT2D eigenvalue weighted by atomic mass is 10.2. The van der Waals surface area contributed by atoms with Crippen molar-refractivity contribution in [1.29, 1.82) is 0 Å². The van der Waals surface area contributed by atoms with Crippen molar-refractivity contribution in [3.8, 4) is 11.5 Å². The van der Waals surface area contributed by atoms with Gasteiger partial charge in [-0.15, -0.1) is 0 Å². The van der Waals surface area contributed by atoms with Crippen LogP contribution in [0.1, 0.15) is 29.8 Å². The monoisotopic (exact) mass is 270 g/mol. The molecule has 0 aliphatic carbocycles. The molecule has 0 radical (unpaired) electrons. The largest absolute Gasteiger partial charge is 0.494 e. The molecule has 104 valence electrons. The summed E-state index contributed by atoms with van der Waals surface area (Å²) in [5.41, 5.74) is 1.72. The summed E-state index contributed by atoms with van der Waals surface area (Å²) in [5.74, 6) is 0.940. The smallest absolute Gasteiger partial charge is 0.343 e. The standard InChI is InChI=1S/C17H18O3/c1-3-13-5-9-16(10-6-13)20-17(18)14-7-11-15(12-8-14)19-4-2/h5-12H,3-4H2,1-2H3. The van der Waals surface area contributed by atoms with Crippen LogP contribution >= 0.6 is 0 Å². The molecule has 20 heavy (non-hydrogen) atoms. The highest BCUT2D eigenvalue weighted by molar-refractivity contribution is 5.91. The number of carbonyl (C=O) groups excluding carboxylic acids is 1. The van der Waals surface area contributed by atoms with Crippen molar-refractivity contribution >= 4 is 5.97 Å². The summed E-state index contributed by atoms with van der Waals surface area (Å²) in [5, 5.41) is 0. The van der Waals surface area contributed by atoms with Crippen LogP contribution in [0.3, 0.4) is 0 Å². The summed E-state index contributed by atoms with van der Waals surface area (Å²) in [4.78, 5) is 12.0. The van der Waals surface area contributed by atoms with E-state index in [1.54, 1.807) is 24.3 Å². The minimum absolute atomic E-state index is 0.364. The molecule has 0 bridgehead atoms. The summed E-state index contributed by atoms with van der Waals surface area (Å²) >= 11 is 0. The summed E-state index contributed by atoms with van der Waals surface area (Å²) in [6.07, 6.45) is 0.965. The van der Waals surface area contributed by atoms with Gasteiger partial charge in [0.2, 0.25) is 0 Å². The van der Waals surface area contributed by atoms with E-state index in [4.69, 9.17) is 9.47 Å². The zero-order chi connectivity index (χ0) is 14.4. The first kappa shape index (κ1) is 14.1. The Morgan fingerprint density at radius 1 is 0.900 bits per heavy atom. The van der Waals surface area contributed by atoms with E-state index in [0.29, 0.717) is 17.9 Å². The minimum Gasteiger partial charge on any atom is -0.494 e. The predicted octanol–water partition coefficient (Wildman–Crippen LogP) is 3.87. The molecule has 0 fully saturated rings. The Labute approximate surface area is 119 Å². The van der Waals surface area contributed by atoms with Gasteiger partial charge in [0.15, 0.2) is 0 Å². The zero-order valence-electron chi connectivity index (χ0n) is 11.8. The maximum Gasteiger partial charge on any atom is 0.343 e. The first-order chi connectivity index (χ1) is 9.72. The average molecular weight is 270 g/mol. The third kappa shape index (κ3) is 3.60. The number of hydrogen-bond donors (Lipinski definition) is 0. The zero-order valence-corrected chi connectivity index (χ0v) is 11.8. The molecule has 0 amide bonds. The van der Waals surface area contributed by atoms with Crippen molar-refractivity contribution in [2.45, 2.75) is 20.3 Å². The first-order valence-corrected chi connectivity index (χ1v) is 6.77. The van der Waals surface area contributed by atoms with Crippen molar-refractivity contribution in [3.63, 3.8) is 0 Å². The van der Waals surface area contributed by atoms with Gasteiger partial charge >= 0.3 is 5.97 Å². The van der Waals surface area contributed by atoms with Crippen molar-refractivity contribution in [3.05, 3.63) is 59.7 Å². The normalized spacial score (nSPS) is 10.1. The van der Waals surface area contributed by atoms with Crippen molar-refractivity contribution < 1.29 is 14.3 Å². The van der Waals surface area contributed by atoms with E-state index in [9.17, 15) is 4.79 Å². The molecule has 0 atom stereocenters. The molecule has 0 spiro atoms. The summed E-state index contributed by atoms with van der Waals surface area (Å²) in [7, 11) is 0. The predicted molar refractivity (Wildman–Crippen MR) is 78.4 cm³/mol. The Morgan fingerprint density at radius 3 is 2.05 bits per heavy atom. The number of carbonyl (C=O) groups is 1. The lowest BCUT2D eigenvalue weighted by molar-refractivity contribution is 0.0734. The molecular weight excluding hydrogens is 252 g/mol. The van der Waals surface area contributed by atoms with E-state index in [2.05, 4.69) is 6.92 Å². The van der Waals surface area contributed by atoms with Crippen LogP contribution < -0.4 is 9.47 Å². The van der Waals surface area contributed by atoms with E-state index >= 15 is 0 Å². The molecule has 0 saturated carbocycles. The minimum atomic E-state index is -0.364. The van der Waals surface area contributed by atoms with Gasteiger partial charge in [-0.2, -0.15) is 0 Å². The number of esters is 1. The highest BCUT2D eigenvalue weighted by atomic mass is 16.5. The number of ether oxygens (including phenoxy) is 2. The van der Waals surface area contributed by atoms with Crippen LogP contribution in [0.25, 0.3) is 0 Å². The first-order valence-electron chi connectivity index (χ1n) is 6.77. The quantitative estimate of drug-likeness (QED) is 0.611. The fourth-order valence-corrected chi connectivity index (χ4v) is 1.81. The van der Waals surface area contributed by atoms with Gasteiger partial charge in [-0.3, -0.25) is 0 Å². The lowest BCUT2D eigenvalue weighted by Crippen LogP contribution is -2.08. The third-order valence-corrected chi connectivity index (χ3v) is 2.94. The number of benzene rings is 2. The molecular formula is C17H18O3. The molecule has 0 aromatic heterocycles. The molecule has 0 aliphatic rings. The molecule has 2 rings (SSSR count). The van der Waals surface area contributed by atoms with Crippen LogP contribution in [0.4, 0.5) is 0 Å². The Bertz CT molecular complexity index is 556. The summed E-state index contributed by atoms with van der Waals surface area (Å²) < 4.78 is 10.7. The van der Waals surface area contributed by atoms with Crippen molar-refractivity contribution in [1.82, 2.24) is 0 Å². The number of hydrogen-bond acceptors (Lipinski definition) is 3. The molecule has 2 aromatic carbocycles. The van der Waals surface area contributed by atoms with Crippen LogP contribution in [0.2, 0.25) is 0 Å². The Morgan fingerprint density at radius 2 is 1.50 bits per heavy atom. The van der Waals surface area contributed by atoms with Gasteiger partial charge in [0, 0.05) is 0 Å². The Hall–Kier alpha value is -2.29. The van der Waals surface area contributed by atoms with Crippen LogP contribution in [0.15, 0.2) is 48.5 Å². The van der Waals surface area contributed by atoms with E-state index < -0.39 is 0 Å². The second-order valence-electron chi connectivity index (χ2n) is 4.34. The van der Waals surface area contributed by atoms with Gasteiger partial charge in [0.25, 0.3) is 0 Å². The third-order valence-electron chi connectivity index (χ3n) is 2.94. The fraction of sp³-hybridized carbons (Fsp3) is 0.235. The number of rotatable bonds is 5. The summed E-state index contributed by atoms with van der Waals surface area (Å²) in [6.45, 7) is 4.61. The SMILES string of the molecule is CCOc1ccc(C(=O)Oc2ccc(CC)cc2)cc1. The molecule has 3 nitrogen and oxygen atoms in total. The van der Waals surface area contributed by atoms with Crippen LogP contribution in [-0.4, -0.2) is 12.6 Å². The van der Waals surface area contributed by atoms with Crippen molar-refractivity contribution in [2.24, 2.45) is 0 Å². The maximum atomic E-state index is 12.0. The van der Waals surface area contributed by atoms with Gasteiger partial charge in [0.05, 0.1) is 12.2 Å². The second kappa shape index (κ2) is 6.75. The maximum absolute atomic E-state index is 12.0. The average Bonchev–Trinajstić information content (AvgIpc) is 2.49. The van der Waals surface area contributed by atoms with Gasteiger partial charge in [-0.1, -0.05) is 19.1 Å². The second-order valence-corrected chi connectivity index (χ2v) is 4.34. The van der Waals surface area contributed by atoms with E-state index in [-0.39, 0.29) is 5.97 Å². The Kier molecular flexibility index (Phi) is 4.77. The molecule has 0 N–H and O–H groups in total. The van der Waals surface area contributed by atoms with Gasteiger partial charge in [-0.25, -0.2) is 4.79 Å². The molecule has 0 unspecified atom stereocenters. The van der Waals surface area contributed by atoms with Gasteiger partial charge in [0.1, 0.15) is 11.5 Å². The van der Waals surface area contributed by atoms with E-state index in [1.165, 1.54) is 5.56 Å². The highest BCUT2D eigenvalue weighted by Gasteiger charge is 2.08. The van der Waals surface area contributed by atoms with Crippen molar-refractivity contribution in [2.75, 3.05) is 6.61 Å². The topological polar surface area (TPSA) is 35.5 Å². The molecule has 3 heteroatoms. The van der Waals surface area contributed by atoms with Crippen LogP contribution in [0, 0.1) is 0 Å². The van der Waals surface area contributed by atoms with Crippen LogP contribution in [0.5, 0.6) is 11.5 Å². The molecule has 0 saturated heterocycles. The Balaban J connectivity index is 2.03. The molecule has 0 heterocycles. The fourth-order valence-electron chi connectivity index (χ4n) is 1.81. The molecule has 0 aliphatic heterocycles.